The molecule has 5 nitrogen and oxygen atoms in total. The van der Waals surface area contributed by atoms with Gasteiger partial charge in [0, 0.05) is 11.8 Å². The molecular formula is C19H12F2N4OS. The van der Waals surface area contributed by atoms with Gasteiger partial charge in [0.1, 0.15) is 11.4 Å². The van der Waals surface area contributed by atoms with E-state index in [1.54, 1.807) is 35.2 Å². The number of halogens is 2. The van der Waals surface area contributed by atoms with Crippen LogP contribution in [0.4, 0.5) is 14.6 Å². The Hall–Kier alpha value is -3.26. The largest absolute Gasteiger partial charge is 0.306 e. The molecule has 0 aliphatic heterocycles. The Bertz CT molecular complexity index is 1140. The molecule has 1 amide bonds. The molecule has 4 rings (SSSR count). The fourth-order valence-electron chi connectivity index (χ4n) is 2.75. The summed E-state index contributed by atoms with van der Waals surface area (Å²) in [4.78, 5) is 24.0. The third-order valence-electron chi connectivity index (χ3n) is 4.07. The Labute approximate surface area is 156 Å². The van der Waals surface area contributed by atoms with Crippen molar-refractivity contribution >= 4 is 33.3 Å². The molecule has 0 aliphatic rings. The number of carbonyl (C=O) groups excluding carboxylic acids is 1. The predicted molar refractivity (Wildman–Crippen MR) is 99.7 cm³/mol. The Kier molecular flexibility index (Phi) is 4.33. The molecule has 134 valence electrons. The molecule has 4 aromatic rings. The van der Waals surface area contributed by atoms with Crippen molar-refractivity contribution in [3.05, 3.63) is 71.1 Å². The molecule has 3 heterocycles. The SMILES string of the molecule is Cc1cc2scnc2cc1-c1ccc(NC(=O)c2c(F)cncc2F)nc1. The van der Waals surface area contributed by atoms with Crippen molar-refractivity contribution in [1.29, 1.82) is 0 Å². The second kappa shape index (κ2) is 6.81. The molecule has 3 aromatic heterocycles. The fourth-order valence-corrected chi connectivity index (χ4v) is 3.51. The average molecular weight is 382 g/mol. The summed E-state index contributed by atoms with van der Waals surface area (Å²) in [5.41, 5.74) is 4.91. The number of rotatable bonds is 3. The van der Waals surface area contributed by atoms with Crippen LogP contribution >= 0.6 is 11.3 Å². The lowest BCUT2D eigenvalue weighted by Gasteiger charge is -2.09. The van der Waals surface area contributed by atoms with Crippen LogP contribution in [0.2, 0.25) is 0 Å². The molecule has 0 bridgehead atoms. The van der Waals surface area contributed by atoms with Gasteiger partial charge >= 0.3 is 0 Å². The number of aromatic nitrogens is 3. The van der Waals surface area contributed by atoms with Crippen molar-refractivity contribution in [2.75, 3.05) is 5.32 Å². The highest BCUT2D eigenvalue weighted by Crippen LogP contribution is 2.29. The molecular weight excluding hydrogens is 370 g/mol. The van der Waals surface area contributed by atoms with Gasteiger partial charge in [-0.3, -0.25) is 9.78 Å². The fraction of sp³-hybridized carbons (Fsp3) is 0.0526. The van der Waals surface area contributed by atoms with Crippen molar-refractivity contribution in [2.24, 2.45) is 0 Å². The first kappa shape index (κ1) is 17.2. The van der Waals surface area contributed by atoms with Gasteiger partial charge in [-0.1, -0.05) is 0 Å². The van der Waals surface area contributed by atoms with Crippen molar-refractivity contribution in [2.45, 2.75) is 6.92 Å². The highest BCUT2D eigenvalue weighted by atomic mass is 32.1. The summed E-state index contributed by atoms with van der Waals surface area (Å²) in [5.74, 6) is -2.80. The maximum atomic E-state index is 13.6. The van der Waals surface area contributed by atoms with Crippen LogP contribution < -0.4 is 5.32 Å². The zero-order valence-electron chi connectivity index (χ0n) is 14.0. The molecule has 0 aliphatic carbocycles. The quantitative estimate of drug-likeness (QED) is 0.563. The number of fused-ring (bicyclic) bond motifs is 1. The van der Waals surface area contributed by atoms with E-state index in [2.05, 4.69) is 26.3 Å². The van der Waals surface area contributed by atoms with E-state index < -0.39 is 23.1 Å². The number of carbonyl (C=O) groups is 1. The minimum Gasteiger partial charge on any atom is -0.306 e. The van der Waals surface area contributed by atoms with Gasteiger partial charge in [-0.05, 0) is 42.3 Å². The number of aryl methyl sites for hydroxylation is 1. The van der Waals surface area contributed by atoms with Gasteiger partial charge in [-0.25, -0.2) is 18.7 Å². The minimum absolute atomic E-state index is 0.187. The smallest absolute Gasteiger partial charge is 0.262 e. The molecule has 0 spiro atoms. The van der Waals surface area contributed by atoms with Gasteiger partial charge in [0.2, 0.25) is 0 Å². The van der Waals surface area contributed by atoms with Gasteiger partial charge < -0.3 is 5.32 Å². The highest BCUT2D eigenvalue weighted by molar-refractivity contribution is 7.16. The second-order valence-corrected chi connectivity index (χ2v) is 6.74. The molecule has 8 heteroatoms. The lowest BCUT2D eigenvalue weighted by molar-refractivity contribution is 0.101. The summed E-state index contributed by atoms with van der Waals surface area (Å²) in [6.45, 7) is 2.00. The van der Waals surface area contributed by atoms with E-state index >= 15 is 0 Å². The number of anilines is 1. The molecule has 1 N–H and O–H groups in total. The van der Waals surface area contributed by atoms with E-state index in [-0.39, 0.29) is 5.82 Å². The van der Waals surface area contributed by atoms with Crippen molar-refractivity contribution < 1.29 is 13.6 Å². The summed E-state index contributed by atoms with van der Waals surface area (Å²) >= 11 is 1.57. The predicted octanol–water partition coefficient (Wildman–Crippen LogP) is 4.59. The van der Waals surface area contributed by atoms with Crippen LogP contribution in [-0.4, -0.2) is 20.9 Å². The maximum absolute atomic E-state index is 13.6. The Balaban J connectivity index is 1.60. The zero-order chi connectivity index (χ0) is 19.0. The van der Waals surface area contributed by atoms with E-state index in [0.717, 1.165) is 39.3 Å². The highest BCUT2D eigenvalue weighted by Gasteiger charge is 2.18. The van der Waals surface area contributed by atoms with Gasteiger partial charge in [-0.2, -0.15) is 0 Å². The van der Waals surface area contributed by atoms with Crippen molar-refractivity contribution in [3.63, 3.8) is 0 Å². The summed E-state index contributed by atoms with van der Waals surface area (Å²) in [5, 5.41) is 2.39. The molecule has 0 saturated heterocycles. The van der Waals surface area contributed by atoms with Crippen LogP contribution in [0.15, 0.2) is 48.4 Å². The first-order chi connectivity index (χ1) is 13.0. The van der Waals surface area contributed by atoms with Gasteiger partial charge in [0.15, 0.2) is 11.6 Å². The second-order valence-electron chi connectivity index (χ2n) is 5.85. The van der Waals surface area contributed by atoms with E-state index in [0.29, 0.717) is 0 Å². The number of thiazole rings is 1. The van der Waals surface area contributed by atoms with Crippen LogP contribution in [-0.2, 0) is 0 Å². The standard InChI is InChI=1S/C19H12F2N4OS/c1-10-4-16-15(24-9-27-16)5-12(10)11-2-3-17(23-6-11)25-19(26)18-13(20)7-22-8-14(18)21/h2-9H,1H3,(H,23,25,26). The van der Waals surface area contributed by atoms with Crippen molar-refractivity contribution in [1.82, 2.24) is 15.0 Å². The van der Waals surface area contributed by atoms with Crippen molar-refractivity contribution in [3.8, 4) is 11.1 Å². The number of hydrogen-bond donors (Lipinski definition) is 1. The van der Waals surface area contributed by atoms with Crippen LogP contribution in [0, 0.1) is 18.6 Å². The number of hydrogen-bond acceptors (Lipinski definition) is 5. The van der Waals surface area contributed by atoms with E-state index in [1.165, 1.54) is 0 Å². The number of benzene rings is 1. The average Bonchev–Trinajstić information content (AvgIpc) is 3.09. The van der Waals surface area contributed by atoms with E-state index in [4.69, 9.17) is 0 Å². The molecule has 0 radical (unpaired) electrons. The van der Waals surface area contributed by atoms with Gasteiger partial charge in [-0.15, -0.1) is 11.3 Å². The molecule has 27 heavy (non-hydrogen) atoms. The summed E-state index contributed by atoms with van der Waals surface area (Å²) in [6, 6.07) is 7.41. The number of nitrogens with zero attached hydrogens (tertiary/aromatic N) is 3. The van der Waals surface area contributed by atoms with Gasteiger partial charge in [0.25, 0.3) is 5.91 Å². The normalized spacial score (nSPS) is 10.9. The van der Waals surface area contributed by atoms with Crippen LogP contribution in [0.5, 0.6) is 0 Å². The lowest BCUT2D eigenvalue weighted by atomic mass is 10.0. The number of nitrogens with one attached hydrogen (secondary N) is 1. The van der Waals surface area contributed by atoms with Crippen LogP contribution in [0.3, 0.4) is 0 Å². The van der Waals surface area contributed by atoms with Crippen LogP contribution in [0.25, 0.3) is 21.3 Å². The zero-order valence-corrected chi connectivity index (χ0v) is 14.8. The molecule has 0 saturated carbocycles. The Morgan fingerprint density at radius 3 is 2.56 bits per heavy atom. The first-order valence-corrected chi connectivity index (χ1v) is 8.81. The monoisotopic (exact) mass is 382 g/mol. The summed E-state index contributed by atoms with van der Waals surface area (Å²) in [7, 11) is 0. The molecule has 0 fully saturated rings. The Morgan fingerprint density at radius 1 is 1.07 bits per heavy atom. The Morgan fingerprint density at radius 2 is 1.85 bits per heavy atom. The topological polar surface area (TPSA) is 67.8 Å². The third-order valence-corrected chi connectivity index (χ3v) is 4.87. The number of pyridine rings is 2. The minimum atomic E-state index is -1.03. The molecule has 0 unspecified atom stereocenters. The van der Waals surface area contributed by atoms with Gasteiger partial charge in [0.05, 0.1) is 28.1 Å². The number of amides is 1. The molecule has 0 atom stereocenters. The summed E-state index contributed by atoms with van der Waals surface area (Å²) in [6.07, 6.45) is 3.16. The van der Waals surface area contributed by atoms with E-state index in [9.17, 15) is 13.6 Å². The third kappa shape index (κ3) is 3.26. The summed E-state index contributed by atoms with van der Waals surface area (Å²) < 4.78 is 28.4. The van der Waals surface area contributed by atoms with Crippen LogP contribution in [0.1, 0.15) is 15.9 Å². The molecule has 1 aromatic carbocycles. The maximum Gasteiger partial charge on any atom is 0.262 e. The first-order valence-electron chi connectivity index (χ1n) is 7.93. The van der Waals surface area contributed by atoms with E-state index in [1.807, 2.05) is 13.0 Å². The lowest BCUT2D eigenvalue weighted by Crippen LogP contribution is -2.16.